The molecule has 0 fully saturated rings. The Morgan fingerprint density at radius 3 is 2.79 bits per heavy atom. The number of para-hydroxylation sites is 1. The van der Waals surface area contributed by atoms with Crippen LogP contribution >= 0.6 is 0 Å². The van der Waals surface area contributed by atoms with Gasteiger partial charge in [-0.3, -0.25) is 4.57 Å². The van der Waals surface area contributed by atoms with Crippen molar-refractivity contribution in [2.24, 2.45) is 5.73 Å². The number of nitrogens with one attached hydrogen (secondary N) is 1. The Morgan fingerprint density at radius 2 is 2.16 bits per heavy atom. The van der Waals surface area contributed by atoms with Gasteiger partial charge in [-0.1, -0.05) is 6.07 Å². The lowest BCUT2D eigenvalue weighted by atomic mass is 10.0. The van der Waals surface area contributed by atoms with Gasteiger partial charge in [-0.25, -0.2) is 4.79 Å². The summed E-state index contributed by atoms with van der Waals surface area (Å²) in [6.07, 6.45) is 1.74. The first-order valence-corrected chi connectivity index (χ1v) is 6.47. The lowest BCUT2D eigenvalue weighted by Crippen LogP contribution is -2.32. The average molecular weight is 263 g/mol. The molecule has 0 unspecified atom stereocenters. The molecular formula is C14H21N3O2. The Balaban J connectivity index is 2.29. The molecule has 19 heavy (non-hydrogen) atoms. The summed E-state index contributed by atoms with van der Waals surface area (Å²) >= 11 is 0. The summed E-state index contributed by atoms with van der Waals surface area (Å²) in [5.74, 6) is 0.688. The zero-order valence-electron chi connectivity index (χ0n) is 11.7. The van der Waals surface area contributed by atoms with E-state index in [2.05, 4.69) is 4.98 Å². The monoisotopic (exact) mass is 263 g/mol. The summed E-state index contributed by atoms with van der Waals surface area (Å²) < 4.78 is 6.99. The van der Waals surface area contributed by atoms with E-state index in [4.69, 9.17) is 10.5 Å². The highest BCUT2D eigenvalue weighted by atomic mass is 16.5. The molecule has 5 nitrogen and oxygen atoms in total. The van der Waals surface area contributed by atoms with E-state index in [9.17, 15) is 4.79 Å². The van der Waals surface area contributed by atoms with Crippen LogP contribution in [-0.2, 0) is 6.54 Å². The molecule has 0 aliphatic heterocycles. The molecule has 0 spiro atoms. The smallest absolute Gasteiger partial charge is 0.326 e. The van der Waals surface area contributed by atoms with Crippen molar-refractivity contribution in [3.05, 3.63) is 28.7 Å². The lowest BCUT2D eigenvalue weighted by Gasteiger charge is -2.17. The minimum absolute atomic E-state index is 0.102. The summed E-state index contributed by atoms with van der Waals surface area (Å²) in [4.78, 5) is 14.8. The van der Waals surface area contributed by atoms with Crippen LogP contribution in [0.5, 0.6) is 5.75 Å². The third kappa shape index (κ3) is 2.98. The van der Waals surface area contributed by atoms with Gasteiger partial charge in [-0.15, -0.1) is 0 Å². The number of fused-ring (bicyclic) bond motifs is 1. The third-order valence-corrected chi connectivity index (χ3v) is 3.19. The van der Waals surface area contributed by atoms with Crippen molar-refractivity contribution in [1.29, 1.82) is 0 Å². The molecule has 104 valence electrons. The molecule has 0 radical (unpaired) electrons. The number of nitrogens with two attached hydrogens (primary N) is 1. The van der Waals surface area contributed by atoms with Crippen LogP contribution in [0.4, 0.5) is 0 Å². The van der Waals surface area contributed by atoms with Crippen LogP contribution < -0.4 is 16.2 Å². The number of nitrogens with zero attached hydrogens (tertiary/aromatic N) is 1. The number of methoxy groups -OCH3 is 1. The van der Waals surface area contributed by atoms with E-state index in [1.54, 1.807) is 11.7 Å². The van der Waals surface area contributed by atoms with Crippen molar-refractivity contribution in [2.45, 2.75) is 38.8 Å². The predicted octanol–water partition coefficient (Wildman–Crippen LogP) is 1.86. The first-order chi connectivity index (χ1) is 8.92. The topological polar surface area (TPSA) is 73.0 Å². The van der Waals surface area contributed by atoms with Gasteiger partial charge in [0.05, 0.1) is 12.6 Å². The molecular weight excluding hydrogens is 242 g/mol. The van der Waals surface area contributed by atoms with E-state index in [1.165, 1.54) is 0 Å². The zero-order chi connectivity index (χ0) is 14.0. The fourth-order valence-electron chi connectivity index (χ4n) is 2.24. The van der Waals surface area contributed by atoms with Gasteiger partial charge in [-0.2, -0.15) is 0 Å². The van der Waals surface area contributed by atoms with Crippen LogP contribution in [0, 0.1) is 0 Å². The number of rotatable bonds is 5. The van der Waals surface area contributed by atoms with E-state index in [-0.39, 0.29) is 11.2 Å². The quantitative estimate of drug-likeness (QED) is 0.864. The van der Waals surface area contributed by atoms with Crippen LogP contribution in [0.25, 0.3) is 11.0 Å². The minimum atomic E-state index is -0.201. The molecule has 0 aliphatic rings. The number of aromatic amines is 1. The minimum Gasteiger partial charge on any atom is -0.494 e. The molecule has 0 saturated carbocycles. The van der Waals surface area contributed by atoms with E-state index in [0.29, 0.717) is 12.3 Å². The van der Waals surface area contributed by atoms with Gasteiger partial charge >= 0.3 is 5.69 Å². The SMILES string of the molecule is COc1cccc2c1[nH]c(=O)n2CCCC(C)(C)N. The van der Waals surface area contributed by atoms with Gasteiger partial charge in [0.15, 0.2) is 0 Å². The van der Waals surface area contributed by atoms with E-state index in [1.807, 2.05) is 32.0 Å². The van der Waals surface area contributed by atoms with Gasteiger partial charge in [0, 0.05) is 12.1 Å². The third-order valence-electron chi connectivity index (χ3n) is 3.19. The van der Waals surface area contributed by atoms with Gasteiger partial charge < -0.3 is 15.5 Å². The second-order valence-electron chi connectivity index (χ2n) is 5.53. The molecule has 0 amide bonds. The van der Waals surface area contributed by atoms with Crippen LogP contribution in [-0.4, -0.2) is 22.2 Å². The van der Waals surface area contributed by atoms with E-state index < -0.39 is 0 Å². The standard InChI is InChI=1S/C14H21N3O2/c1-14(2,15)8-5-9-17-10-6-4-7-11(19-3)12(10)16-13(17)18/h4,6-7H,5,8-9,15H2,1-3H3,(H,16,18). The van der Waals surface area contributed by atoms with Crippen molar-refractivity contribution in [3.8, 4) is 5.75 Å². The maximum absolute atomic E-state index is 12.0. The molecule has 0 bridgehead atoms. The van der Waals surface area contributed by atoms with Crippen molar-refractivity contribution in [1.82, 2.24) is 9.55 Å². The number of aromatic nitrogens is 2. The largest absolute Gasteiger partial charge is 0.494 e. The van der Waals surface area contributed by atoms with Crippen molar-refractivity contribution >= 4 is 11.0 Å². The van der Waals surface area contributed by atoms with E-state index in [0.717, 1.165) is 23.9 Å². The van der Waals surface area contributed by atoms with Gasteiger partial charge in [0.1, 0.15) is 11.3 Å². The molecule has 1 aromatic carbocycles. The number of hydrogen-bond donors (Lipinski definition) is 2. The van der Waals surface area contributed by atoms with Crippen LogP contribution in [0.3, 0.4) is 0 Å². The first kappa shape index (κ1) is 13.7. The molecule has 2 rings (SSSR count). The van der Waals surface area contributed by atoms with Crippen LogP contribution in [0.1, 0.15) is 26.7 Å². The number of imidazole rings is 1. The Bertz CT molecular complexity index is 620. The predicted molar refractivity (Wildman–Crippen MR) is 76.6 cm³/mol. The second-order valence-corrected chi connectivity index (χ2v) is 5.53. The average Bonchev–Trinajstić information content (AvgIpc) is 2.64. The van der Waals surface area contributed by atoms with Crippen LogP contribution in [0.15, 0.2) is 23.0 Å². The number of aryl methyl sites for hydroxylation is 1. The summed E-state index contributed by atoms with van der Waals surface area (Å²) in [7, 11) is 1.60. The van der Waals surface area contributed by atoms with Crippen molar-refractivity contribution in [3.63, 3.8) is 0 Å². The molecule has 3 N–H and O–H groups in total. The van der Waals surface area contributed by atoms with Crippen LogP contribution in [0.2, 0.25) is 0 Å². The maximum atomic E-state index is 12.0. The molecule has 0 saturated heterocycles. The van der Waals surface area contributed by atoms with Crippen molar-refractivity contribution < 1.29 is 4.74 Å². The fraction of sp³-hybridized carbons (Fsp3) is 0.500. The molecule has 0 aliphatic carbocycles. The number of ether oxygens (including phenoxy) is 1. The molecule has 1 aromatic heterocycles. The molecule has 5 heteroatoms. The van der Waals surface area contributed by atoms with Gasteiger partial charge in [0.25, 0.3) is 0 Å². The van der Waals surface area contributed by atoms with E-state index >= 15 is 0 Å². The van der Waals surface area contributed by atoms with Gasteiger partial charge in [0.2, 0.25) is 0 Å². The Hall–Kier alpha value is -1.75. The highest BCUT2D eigenvalue weighted by Crippen LogP contribution is 2.22. The zero-order valence-corrected chi connectivity index (χ0v) is 11.7. The van der Waals surface area contributed by atoms with Gasteiger partial charge in [-0.05, 0) is 38.8 Å². The normalized spacial score (nSPS) is 12.0. The summed E-state index contributed by atoms with van der Waals surface area (Å²) in [5.41, 5.74) is 7.28. The molecule has 1 heterocycles. The number of benzene rings is 1. The summed E-state index contributed by atoms with van der Waals surface area (Å²) in [6, 6.07) is 5.65. The molecule has 2 aromatic rings. The summed E-state index contributed by atoms with van der Waals surface area (Å²) in [5, 5.41) is 0. The fourth-order valence-corrected chi connectivity index (χ4v) is 2.24. The number of hydrogen-bond acceptors (Lipinski definition) is 3. The highest BCUT2D eigenvalue weighted by Gasteiger charge is 2.13. The lowest BCUT2D eigenvalue weighted by molar-refractivity contribution is 0.419. The molecule has 0 atom stereocenters. The first-order valence-electron chi connectivity index (χ1n) is 6.47. The highest BCUT2D eigenvalue weighted by molar-refractivity contribution is 5.81. The maximum Gasteiger partial charge on any atom is 0.326 e. The summed E-state index contributed by atoms with van der Waals surface area (Å²) in [6.45, 7) is 4.65. The Kier molecular flexibility index (Phi) is 3.66. The Morgan fingerprint density at radius 1 is 1.42 bits per heavy atom. The second kappa shape index (κ2) is 5.09. The Labute approximate surface area is 112 Å². The number of H-pyrrole nitrogens is 1. The van der Waals surface area contributed by atoms with Crippen molar-refractivity contribution in [2.75, 3.05) is 7.11 Å².